The summed E-state index contributed by atoms with van der Waals surface area (Å²) >= 11 is 0. The van der Waals surface area contributed by atoms with Crippen molar-refractivity contribution in [2.75, 3.05) is 26.8 Å². The second-order valence-electron chi connectivity index (χ2n) is 6.50. The Morgan fingerprint density at radius 3 is 2.63 bits per heavy atom. The van der Waals surface area contributed by atoms with E-state index in [4.69, 9.17) is 4.74 Å². The third-order valence-corrected chi connectivity index (χ3v) is 4.23. The van der Waals surface area contributed by atoms with E-state index in [-0.39, 0.29) is 0 Å². The van der Waals surface area contributed by atoms with Crippen LogP contribution < -0.4 is 5.32 Å². The predicted octanol–water partition coefficient (Wildman–Crippen LogP) is 2.90. The quantitative estimate of drug-likeness (QED) is 0.734. The fourth-order valence-electron chi connectivity index (χ4n) is 3.19. The van der Waals surface area contributed by atoms with Crippen LogP contribution >= 0.6 is 0 Å². The molecule has 0 spiro atoms. The molecule has 0 aromatic carbocycles. The normalized spacial score (nSPS) is 26.8. The zero-order valence-corrected chi connectivity index (χ0v) is 13.6. The van der Waals surface area contributed by atoms with Gasteiger partial charge in [-0.2, -0.15) is 0 Å². The molecule has 1 aliphatic rings. The molecule has 19 heavy (non-hydrogen) atoms. The van der Waals surface area contributed by atoms with Crippen LogP contribution in [0.2, 0.25) is 0 Å². The molecule has 114 valence electrons. The van der Waals surface area contributed by atoms with E-state index >= 15 is 0 Å². The highest BCUT2D eigenvalue weighted by Gasteiger charge is 2.30. The first-order chi connectivity index (χ1) is 9.08. The highest BCUT2D eigenvalue weighted by atomic mass is 16.5. The lowest BCUT2D eigenvalue weighted by Crippen LogP contribution is -2.59. The number of nitrogens with zero attached hydrogens (tertiary/aromatic N) is 1. The lowest BCUT2D eigenvalue weighted by Gasteiger charge is -2.44. The van der Waals surface area contributed by atoms with E-state index in [1.807, 2.05) is 0 Å². The van der Waals surface area contributed by atoms with Crippen molar-refractivity contribution in [3.05, 3.63) is 0 Å². The van der Waals surface area contributed by atoms with Gasteiger partial charge in [-0.25, -0.2) is 0 Å². The zero-order chi connectivity index (χ0) is 14.3. The summed E-state index contributed by atoms with van der Waals surface area (Å²) in [5.74, 6) is 0.770. The first-order valence-electron chi connectivity index (χ1n) is 8.06. The number of ether oxygens (including phenoxy) is 1. The number of hydrogen-bond acceptors (Lipinski definition) is 3. The van der Waals surface area contributed by atoms with Gasteiger partial charge in [0.1, 0.15) is 0 Å². The van der Waals surface area contributed by atoms with Gasteiger partial charge >= 0.3 is 0 Å². The first kappa shape index (κ1) is 16.9. The molecule has 1 N–H and O–H groups in total. The average Bonchev–Trinajstić information content (AvgIpc) is 2.37. The smallest absolute Gasteiger partial charge is 0.0477 e. The molecule has 3 atom stereocenters. The molecule has 0 radical (unpaired) electrons. The van der Waals surface area contributed by atoms with Gasteiger partial charge in [0.15, 0.2) is 0 Å². The van der Waals surface area contributed by atoms with Crippen molar-refractivity contribution < 1.29 is 4.74 Å². The summed E-state index contributed by atoms with van der Waals surface area (Å²) < 4.78 is 5.25. The van der Waals surface area contributed by atoms with Crippen molar-refractivity contribution >= 4 is 0 Å². The first-order valence-corrected chi connectivity index (χ1v) is 8.06. The van der Waals surface area contributed by atoms with Crippen molar-refractivity contribution in [1.29, 1.82) is 0 Å². The van der Waals surface area contributed by atoms with Crippen molar-refractivity contribution in [3.8, 4) is 0 Å². The maximum Gasteiger partial charge on any atom is 0.0477 e. The van der Waals surface area contributed by atoms with Crippen LogP contribution in [0.25, 0.3) is 0 Å². The lowest BCUT2D eigenvalue weighted by molar-refractivity contribution is 0.0564. The van der Waals surface area contributed by atoms with E-state index in [0.29, 0.717) is 18.1 Å². The number of methoxy groups -OCH3 is 1. The van der Waals surface area contributed by atoms with Gasteiger partial charge in [-0.3, -0.25) is 4.90 Å². The second kappa shape index (κ2) is 8.93. The fourth-order valence-corrected chi connectivity index (χ4v) is 3.19. The third-order valence-electron chi connectivity index (χ3n) is 4.23. The minimum atomic E-state index is 0.630. The topological polar surface area (TPSA) is 24.5 Å². The Hall–Kier alpha value is -0.120. The molecular formula is C16H34N2O. The second-order valence-corrected chi connectivity index (χ2v) is 6.50. The van der Waals surface area contributed by atoms with Gasteiger partial charge < -0.3 is 10.1 Å². The Bertz CT molecular complexity index is 233. The molecule has 0 aromatic rings. The number of rotatable bonds is 8. The van der Waals surface area contributed by atoms with Crippen LogP contribution in [0, 0.1) is 5.92 Å². The number of piperazine rings is 1. The Balaban J connectivity index is 2.58. The summed E-state index contributed by atoms with van der Waals surface area (Å²) in [4.78, 5) is 2.73. The highest BCUT2D eigenvalue weighted by molar-refractivity contribution is 4.89. The van der Waals surface area contributed by atoms with Gasteiger partial charge in [0, 0.05) is 44.9 Å². The minimum absolute atomic E-state index is 0.630. The molecule has 0 bridgehead atoms. The molecule has 0 saturated carbocycles. The van der Waals surface area contributed by atoms with Crippen LogP contribution in [0.15, 0.2) is 0 Å². The Morgan fingerprint density at radius 1 is 1.32 bits per heavy atom. The summed E-state index contributed by atoms with van der Waals surface area (Å²) in [6.45, 7) is 12.5. The molecule has 1 fully saturated rings. The van der Waals surface area contributed by atoms with Crippen LogP contribution in [-0.4, -0.2) is 49.8 Å². The summed E-state index contributed by atoms with van der Waals surface area (Å²) in [6.07, 6.45) is 5.00. The SMILES string of the molecule is CCCC1CN(C(C)CCOC)C(CC(C)C)CN1. The minimum Gasteiger partial charge on any atom is -0.385 e. The molecule has 1 heterocycles. The largest absolute Gasteiger partial charge is 0.385 e. The van der Waals surface area contributed by atoms with Crippen molar-refractivity contribution in [1.82, 2.24) is 10.2 Å². The molecule has 3 nitrogen and oxygen atoms in total. The molecule has 0 aliphatic carbocycles. The van der Waals surface area contributed by atoms with Crippen molar-refractivity contribution in [3.63, 3.8) is 0 Å². The number of hydrogen-bond donors (Lipinski definition) is 1. The van der Waals surface area contributed by atoms with Gasteiger partial charge in [-0.05, 0) is 32.1 Å². The van der Waals surface area contributed by atoms with E-state index in [1.54, 1.807) is 7.11 Å². The van der Waals surface area contributed by atoms with Gasteiger partial charge in [-0.15, -0.1) is 0 Å². The van der Waals surface area contributed by atoms with E-state index < -0.39 is 0 Å². The van der Waals surface area contributed by atoms with E-state index in [1.165, 1.54) is 25.8 Å². The molecular weight excluding hydrogens is 236 g/mol. The van der Waals surface area contributed by atoms with Gasteiger partial charge in [0.05, 0.1) is 0 Å². The van der Waals surface area contributed by atoms with E-state index in [2.05, 4.69) is 37.9 Å². The van der Waals surface area contributed by atoms with Gasteiger partial charge in [-0.1, -0.05) is 27.2 Å². The third kappa shape index (κ3) is 5.80. The maximum absolute atomic E-state index is 5.25. The highest BCUT2D eigenvalue weighted by Crippen LogP contribution is 2.21. The molecule has 0 amide bonds. The lowest BCUT2D eigenvalue weighted by atomic mass is 9.95. The predicted molar refractivity (Wildman–Crippen MR) is 82.6 cm³/mol. The van der Waals surface area contributed by atoms with Crippen LogP contribution in [-0.2, 0) is 4.74 Å². The van der Waals surface area contributed by atoms with Crippen molar-refractivity contribution in [2.24, 2.45) is 5.92 Å². The monoisotopic (exact) mass is 270 g/mol. The molecule has 1 rings (SSSR count). The molecule has 0 aromatic heterocycles. The van der Waals surface area contributed by atoms with Gasteiger partial charge in [0.25, 0.3) is 0 Å². The summed E-state index contributed by atoms with van der Waals surface area (Å²) in [6, 6.07) is 2.00. The molecule has 1 saturated heterocycles. The Labute approximate surface area is 120 Å². The molecule has 1 aliphatic heterocycles. The Morgan fingerprint density at radius 2 is 2.05 bits per heavy atom. The standard InChI is InChI=1S/C16H34N2O/c1-6-7-15-12-18(14(4)8-9-19-5)16(11-17-15)10-13(2)3/h13-17H,6-12H2,1-5H3. The summed E-state index contributed by atoms with van der Waals surface area (Å²) in [7, 11) is 1.80. The van der Waals surface area contributed by atoms with E-state index in [0.717, 1.165) is 25.5 Å². The van der Waals surface area contributed by atoms with Crippen LogP contribution in [0.5, 0.6) is 0 Å². The van der Waals surface area contributed by atoms with E-state index in [9.17, 15) is 0 Å². The van der Waals surface area contributed by atoms with Crippen molar-refractivity contribution in [2.45, 2.75) is 71.5 Å². The zero-order valence-electron chi connectivity index (χ0n) is 13.6. The summed E-state index contributed by atoms with van der Waals surface area (Å²) in [5, 5.41) is 3.74. The number of nitrogens with one attached hydrogen (secondary N) is 1. The fraction of sp³-hybridized carbons (Fsp3) is 1.00. The maximum atomic E-state index is 5.25. The van der Waals surface area contributed by atoms with Gasteiger partial charge in [0.2, 0.25) is 0 Å². The molecule has 3 unspecified atom stereocenters. The molecule has 3 heteroatoms. The van der Waals surface area contributed by atoms with Crippen LogP contribution in [0.1, 0.15) is 53.4 Å². The summed E-state index contributed by atoms with van der Waals surface area (Å²) in [5.41, 5.74) is 0. The average molecular weight is 270 g/mol. The Kier molecular flexibility index (Phi) is 7.96. The van der Waals surface area contributed by atoms with Crippen LogP contribution in [0.3, 0.4) is 0 Å². The van der Waals surface area contributed by atoms with Crippen LogP contribution in [0.4, 0.5) is 0 Å².